The molecule has 0 amide bonds. The monoisotopic (exact) mass is 338 g/mol. The lowest BCUT2D eigenvalue weighted by Crippen LogP contribution is -2.56. The summed E-state index contributed by atoms with van der Waals surface area (Å²) in [7, 11) is 0. The number of amidine groups is 1. The summed E-state index contributed by atoms with van der Waals surface area (Å²) in [4.78, 5) is 13.1. The van der Waals surface area contributed by atoms with Gasteiger partial charge in [0.2, 0.25) is 0 Å². The molecule has 0 radical (unpaired) electrons. The molecule has 130 valence electrons. The molecule has 4 rings (SSSR count). The van der Waals surface area contributed by atoms with Gasteiger partial charge in [-0.3, -0.25) is 15.7 Å². The molecule has 2 aliphatic rings. The zero-order valence-electron chi connectivity index (χ0n) is 14.3. The number of rotatable bonds is 4. The van der Waals surface area contributed by atoms with Gasteiger partial charge in [0.1, 0.15) is 11.5 Å². The first kappa shape index (κ1) is 15.7. The van der Waals surface area contributed by atoms with Crippen molar-refractivity contribution in [2.45, 2.75) is 51.1 Å². The Bertz CT molecular complexity index is 778. The Kier molecular flexibility index (Phi) is 3.95. The normalized spacial score (nSPS) is 20.8. The Morgan fingerprint density at radius 3 is 2.76 bits per heavy atom. The lowest BCUT2D eigenvalue weighted by Gasteiger charge is -2.44. The fourth-order valence-electron chi connectivity index (χ4n) is 3.92. The van der Waals surface area contributed by atoms with E-state index in [1.807, 2.05) is 12.3 Å². The molecule has 0 spiro atoms. The zero-order chi connectivity index (χ0) is 17.4. The zero-order valence-corrected chi connectivity index (χ0v) is 14.3. The van der Waals surface area contributed by atoms with Crippen LogP contribution < -0.4 is 9.80 Å². The van der Waals surface area contributed by atoms with Crippen molar-refractivity contribution in [1.29, 1.82) is 10.8 Å². The first-order valence-corrected chi connectivity index (χ1v) is 8.78. The average Bonchev–Trinajstić information content (AvgIpc) is 3.34. The van der Waals surface area contributed by atoms with Crippen molar-refractivity contribution >= 4 is 23.7 Å². The minimum atomic E-state index is -0.0717. The van der Waals surface area contributed by atoms with E-state index >= 15 is 0 Å². The highest BCUT2D eigenvalue weighted by molar-refractivity contribution is 6.16. The Morgan fingerprint density at radius 1 is 1.32 bits per heavy atom. The first-order valence-electron chi connectivity index (χ1n) is 8.78. The van der Waals surface area contributed by atoms with Gasteiger partial charge in [-0.1, -0.05) is 19.8 Å². The molecule has 1 aliphatic carbocycles. The maximum atomic E-state index is 8.58. The van der Waals surface area contributed by atoms with E-state index in [1.165, 1.54) is 19.2 Å². The molecule has 1 atom stereocenters. The van der Waals surface area contributed by atoms with E-state index in [0.717, 1.165) is 25.1 Å². The van der Waals surface area contributed by atoms with Crippen LogP contribution in [0.3, 0.4) is 0 Å². The van der Waals surface area contributed by atoms with E-state index in [4.69, 9.17) is 15.8 Å². The molecule has 3 heterocycles. The molecule has 8 nitrogen and oxygen atoms in total. The minimum absolute atomic E-state index is 0.0717. The topological polar surface area (TPSA) is 97.8 Å². The molecule has 2 N–H and O–H groups in total. The van der Waals surface area contributed by atoms with Crippen molar-refractivity contribution < 1.29 is 0 Å². The first-order chi connectivity index (χ1) is 12.2. The maximum Gasteiger partial charge on any atom is 0.252 e. The van der Waals surface area contributed by atoms with Crippen LogP contribution in [0.25, 0.3) is 5.95 Å². The molecule has 0 unspecified atom stereocenters. The second kappa shape index (κ2) is 6.27. The third-order valence-corrected chi connectivity index (χ3v) is 5.10. The van der Waals surface area contributed by atoms with Crippen LogP contribution in [0.1, 0.15) is 39.0 Å². The van der Waals surface area contributed by atoms with Gasteiger partial charge in [-0.05, 0) is 25.3 Å². The van der Waals surface area contributed by atoms with Crippen molar-refractivity contribution in [2.75, 3.05) is 9.80 Å². The highest BCUT2D eigenvalue weighted by Gasteiger charge is 2.40. The molecule has 8 heteroatoms. The third kappa shape index (κ3) is 2.48. The average molecular weight is 338 g/mol. The molecule has 1 saturated carbocycles. The molecule has 25 heavy (non-hydrogen) atoms. The van der Waals surface area contributed by atoms with Crippen LogP contribution in [0, 0.1) is 10.8 Å². The summed E-state index contributed by atoms with van der Waals surface area (Å²) in [6.07, 6.45) is 11.9. The number of hydrogen-bond donors (Lipinski definition) is 2. The fourth-order valence-corrected chi connectivity index (χ4v) is 3.92. The summed E-state index contributed by atoms with van der Waals surface area (Å²) in [6.45, 7) is 2.09. The van der Waals surface area contributed by atoms with E-state index in [9.17, 15) is 0 Å². The van der Waals surface area contributed by atoms with Gasteiger partial charge in [0.25, 0.3) is 5.95 Å². The quantitative estimate of drug-likeness (QED) is 0.659. The summed E-state index contributed by atoms with van der Waals surface area (Å²) >= 11 is 0. The summed E-state index contributed by atoms with van der Waals surface area (Å²) in [5.41, 5.74) is 0.701. The lowest BCUT2D eigenvalue weighted by atomic mass is 10.0. The lowest BCUT2D eigenvalue weighted by molar-refractivity contribution is 0.546. The predicted molar refractivity (Wildman–Crippen MR) is 97.0 cm³/mol. The Hall–Kier alpha value is -2.77. The summed E-state index contributed by atoms with van der Waals surface area (Å²) in [5.74, 6) is 1.74. The van der Waals surface area contributed by atoms with Crippen LogP contribution in [0.15, 0.2) is 24.7 Å². The molecule has 1 aliphatic heterocycles. The third-order valence-electron chi connectivity index (χ3n) is 5.10. The summed E-state index contributed by atoms with van der Waals surface area (Å²) in [6, 6.07) is 2.15. The van der Waals surface area contributed by atoms with Crippen LogP contribution in [-0.4, -0.2) is 44.0 Å². The molecule has 0 saturated heterocycles. The number of hydrogen-bond acceptors (Lipinski definition) is 6. The molecular weight excluding hydrogens is 316 g/mol. The number of anilines is 2. The maximum absolute atomic E-state index is 8.58. The Balaban J connectivity index is 1.87. The van der Waals surface area contributed by atoms with Gasteiger partial charge in [0.15, 0.2) is 5.82 Å². The van der Waals surface area contributed by atoms with Gasteiger partial charge in [0, 0.05) is 18.4 Å². The van der Waals surface area contributed by atoms with Crippen molar-refractivity contribution in [2.24, 2.45) is 0 Å². The smallest absolute Gasteiger partial charge is 0.252 e. The predicted octanol–water partition coefficient (Wildman–Crippen LogP) is 2.59. The molecular formula is C17H22N8. The van der Waals surface area contributed by atoms with Gasteiger partial charge < -0.3 is 4.90 Å². The minimum Gasteiger partial charge on any atom is -0.342 e. The van der Waals surface area contributed by atoms with E-state index in [-0.39, 0.29) is 6.04 Å². The highest BCUT2D eigenvalue weighted by Crippen LogP contribution is 2.39. The Labute approximate surface area is 146 Å². The number of fused-ring (bicyclic) bond motifs is 1. The van der Waals surface area contributed by atoms with Crippen LogP contribution in [0.2, 0.25) is 0 Å². The van der Waals surface area contributed by atoms with Gasteiger partial charge in [-0.2, -0.15) is 10.1 Å². The standard InChI is InChI=1S/C17H22N8/c1-2-13-15(19)23(11-18)14-10-20-17(24-9-5-8-21-24)22-16(14)25(13)12-6-3-4-7-12/h5,8-13,18-19H,2-4,6-7H2,1H3/t13-/m1/s1. The van der Waals surface area contributed by atoms with Gasteiger partial charge in [0.05, 0.1) is 18.6 Å². The van der Waals surface area contributed by atoms with Crippen molar-refractivity contribution in [3.8, 4) is 5.95 Å². The van der Waals surface area contributed by atoms with Crippen LogP contribution in [0.5, 0.6) is 0 Å². The van der Waals surface area contributed by atoms with Crippen molar-refractivity contribution in [1.82, 2.24) is 19.7 Å². The van der Waals surface area contributed by atoms with Gasteiger partial charge >= 0.3 is 0 Å². The second-order valence-electron chi connectivity index (χ2n) is 6.48. The molecule has 0 bridgehead atoms. The number of nitrogens with zero attached hydrogens (tertiary/aromatic N) is 6. The van der Waals surface area contributed by atoms with Crippen LogP contribution in [0.4, 0.5) is 11.5 Å². The highest BCUT2D eigenvalue weighted by atomic mass is 15.4. The molecule has 2 aromatic heterocycles. The van der Waals surface area contributed by atoms with E-state index in [2.05, 4.69) is 21.9 Å². The largest absolute Gasteiger partial charge is 0.342 e. The second-order valence-corrected chi connectivity index (χ2v) is 6.48. The fraction of sp³-hybridized carbons (Fsp3) is 0.471. The van der Waals surface area contributed by atoms with Crippen LogP contribution >= 0.6 is 0 Å². The van der Waals surface area contributed by atoms with E-state index in [1.54, 1.807) is 22.0 Å². The number of aromatic nitrogens is 4. The van der Waals surface area contributed by atoms with E-state index in [0.29, 0.717) is 23.5 Å². The molecule has 2 aromatic rings. The summed E-state index contributed by atoms with van der Waals surface area (Å²) < 4.78 is 1.64. The van der Waals surface area contributed by atoms with Crippen LogP contribution in [-0.2, 0) is 0 Å². The van der Waals surface area contributed by atoms with Crippen molar-refractivity contribution in [3.63, 3.8) is 0 Å². The van der Waals surface area contributed by atoms with Gasteiger partial charge in [-0.15, -0.1) is 0 Å². The Morgan fingerprint density at radius 2 is 2.12 bits per heavy atom. The SMILES string of the molecule is CC[C@@H]1C(=N)N(C=N)c2cnc(-n3cccn3)nc2N1C1CCCC1. The number of nitrogens with one attached hydrogen (secondary N) is 2. The summed E-state index contributed by atoms with van der Waals surface area (Å²) in [5, 5.41) is 20.6. The molecule has 0 aromatic carbocycles. The van der Waals surface area contributed by atoms with Gasteiger partial charge in [-0.25, -0.2) is 9.67 Å². The molecule has 1 fully saturated rings. The van der Waals surface area contributed by atoms with E-state index < -0.39 is 0 Å². The van der Waals surface area contributed by atoms with Crippen molar-refractivity contribution in [3.05, 3.63) is 24.7 Å².